The Bertz CT molecular complexity index is 458. The van der Waals surface area contributed by atoms with Crippen molar-refractivity contribution in [1.82, 2.24) is 4.90 Å². The van der Waals surface area contributed by atoms with Gasteiger partial charge in [0.25, 0.3) is 0 Å². The number of nitrogens with zero attached hydrogens (tertiary/aromatic N) is 2. The van der Waals surface area contributed by atoms with Gasteiger partial charge in [0, 0.05) is 24.3 Å². The summed E-state index contributed by atoms with van der Waals surface area (Å²) in [6.07, 6.45) is 0.0904. The van der Waals surface area contributed by atoms with E-state index in [1.807, 2.05) is 6.92 Å². The minimum Gasteiger partial charge on any atom is -0.449 e. The number of likely N-dealkylation sites (tertiary alicyclic amines) is 1. The number of hydrogen-bond acceptors (Lipinski definition) is 7. The minimum atomic E-state index is -0.859. The second-order valence-electron chi connectivity index (χ2n) is 5.72. The highest BCUT2D eigenvalue weighted by Crippen LogP contribution is 2.25. The Morgan fingerprint density at radius 3 is 2.68 bits per heavy atom. The van der Waals surface area contributed by atoms with Crippen molar-refractivity contribution in [2.45, 2.75) is 50.1 Å². The van der Waals surface area contributed by atoms with Crippen LogP contribution in [0.15, 0.2) is 0 Å². The molecule has 0 radical (unpaired) electrons. The first-order valence-electron chi connectivity index (χ1n) is 7.16. The molecule has 0 unspecified atom stereocenters. The van der Waals surface area contributed by atoms with Gasteiger partial charge in [-0.15, -0.1) is 0 Å². The highest BCUT2D eigenvalue weighted by atomic mass is 32.1. The maximum Gasteiger partial charge on any atom is 0.329 e. The van der Waals surface area contributed by atoms with E-state index in [4.69, 9.17) is 20.5 Å². The summed E-state index contributed by atoms with van der Waals surface area (Å²) in [6, 6.07) is 0.0975. The van der Waals surface area contributed by atoms with Crippen LogP contribution in [-0.4, -0.2) is 59.5 Å². The smallest absolute Gasteiger partial charge is 0.329 e. The zero-order valence-electron chi connectivity index (χ0n) is 13.1. The van der Waals surface area contributed by atoms with Crippen LogP contribution >= 0.6 is 12.6 Å². The summed E-state index contributed by atoms with van der Waals surface area (Å²) >= 11 is 4.32. The third-order valence-corrected chi connectivity index (χ3v) is 3.80. The Kier molecular flexibility index (Phi) is 6.66. The van der Waals surface area contributed by atoms with Crippen molar-refractivity contribution in [3.8, 4) is 6.07 Å². The number of esters is 1. The summed E-state index contributed by atoms with van der Waals surface area (Å²) in [6.45, 7) is 5.72. The number of ether oxygens (including phenoxy) is 2. The molecule has 2 N–H and O–H groups in total. The standard InChI is InChI=1S/C14H23N3O4S/c1-4-20-9-7-10(13(19)21-6-5-15)17(8-9)12(18)11(16)14(2,3)22/h9-11,22H,4,6-8,16H2,1-3H3/t9-,10+,11-/m1/s1. The van der Waals surface area contributed by atoms with E-state index in [0.29, 0.717) is 13.0 Å². The molecule has 0 bridgehead atoms. The average Bonchev–Trinajstić information content (AvgIpc) is 2.86. The number of thiol groups is 1. The lowest BCUT2D eigenvalue weighted by atomic mass is 10.0. The molecule has 8 heteroatoms. The third-order valence-electron chi connectivity index (χ3n) is 3.53. The second-order valence-corrected chi connectivity index (χ2v) is 6.87. The first-order chi connectivity index (χ1) is 10.2. The van der Waals surface area contributed by atoms with Crippen molar-refractivity contribution in [1.29, 1.82) is 5.26 Å². The molecular formula is C14H23N3O4S. The molecule has 124 valence electrons. The molecule has 1 aliphatic heterocycles. The summed E-state index contributed by atoms with van der Waals surface area (Å²) in [5.41, 5.74) is 5.94. The first-order valence-corrected chi connectivity index (χ1v) is 7.60. The fraction of sp³-hybridized carbons (Fsp3) is 0.786. The normalized spacial score (nSPS) is 23.0. The van der Waals surface area contributed by atoms with Crippen LogP contribution in [0.2, 0.25) is 0 Å². The molecule has 1 aliphatic rings. The van der Waals surface area contributed by atoms with Gasteiger partial charge in [-0.05, 0) is 20.8 Å². The molecular weight excluding hydrogens is 306 g/mol. The Morgan fingerprint density at radius 2 is 2.18 bits per heavy atom. The van der Waals surface area contributed by atoms with Gasteiger partial charge in [0.05, 0.1) is 12.1 Å². The maximum absolute atomic E-state index is 12.6. The Labute approximate surface area is 136 Å². The predicted octanol–water partition coefficient (Wildman–Crippen LogP) is 0.0949. The molecule has 0 aromatic heterocycles. The van der Waals surface area contributed by atoms with E-state index < -0.39 is 22.8 Å². The SMILES string of the molecule is CCO[C@@H]1C[C@@H](C(=O)OCC#N)N(C(=O)[C@@H](N)C(C)(C)S)C1. The van der Waals surface area contributed by atoms with Crippen molar-refractivity contribution in [2.24, 2.45) is 5.73 Å². The van der Waals surface area contributed by atoms with E-state index in [9.17, 15) is 9.59 Å². The topological polar surface area (TPSA) is 106 Å². The Balaban J connectivity index is 2.89. The lowest BCUT2D eigenvalue weighted by molar-refractivity contribution is -0.152. The first kappa shape index (κ1) is 18.7. The van der Waals surface area contributed by atoms with E-state index in [1.54, 1.807) is 19.9 Å². The predicted molar refractivity (Wildman–Crippen MR) is 83.1 cm³/mol. The van der Waals surface area contributed by atoms with E-state index in [1.165, 1.54) is 4.90 Å². The van der Waals surface area contributed by atoms with Crippen LogP contribution in [0.4, 0.5) is 0 Å². The molecule has 22 heavy (non-hydrogen) atoms. The van der Waals surface area contributed by atoms with Gasteiger partial charge in [-0.25, -0.2) is 4.79 Å². The highest BCUT2D eigenvalue weighted by Gasteiger charge is 2.44. The molecule has 7 nitrogen and oxygen atoms in total. The molecule has 1 amide bonds. The number of hydrogen-bond donors (Lipinski definition) is 2. The molecule has 0 aromatic carbocycles. The molecule has 3 atom stereocenters. The number of nitriles is 1. The third kappa shape index (κ3) is 4.60. The van der Waals surface area contributed by atoms with Crippen molar-refractivity contribution >= 4 is 24.5 Å². The van der Waals surface area contributed by atoms with Gasteiger partial charge in [0.1, 0.15) is 12.1 Å². The molecule has 1 fully saturated rings. The quantitative estimate of drug-likeness (QED) is 0.529. The summed E-state index contributed by atoms with van der Waals surface area (Å²) < 4.78 is 9.62. The van der Waals surface area contributed by atoms with Crippen molar-refractivity contribution < 1.29 is 19.1 Å². The van der Waals surface area contributed by atoms with Crippen LogP contribution < -0.4 is 5.73 Å². The van der Waals surface area contributed by atoms with Crippen molar-refractivity contribution in [3.63, 3.8) is 0 Å². The average molecular weight is 329 g/mol. The number of nitrogens with two attached hydrogens (primary N) is 1. The molecule has 1 saturated heterocycles. The summed E-state index contributed by atoms with van der Waals surface area (Å²) in [5.74, 6) is -0.984. The van der Waals surface area contributed by atoms with Gasteiger partial charge >= 0.3 is 5.97 Å². The fourth-order valence-electron chi connectivity index (χ4n) is 2.30. The number of carbonyl (C=O) groups excluding carboxylic acids is 2. The van der Waals surface area contributed by atoms with Crippen molar-refractivity contribution in [2.75, 3.05) is 19.8 Å². The lowest BCUT2D eigenvalue weighted by Gasteiger charge is -2.31. The van der Waals surface area contributed by atoms with Gasteiger partial charge in [0.15, 0.2) is 6.61 Å². The van der Waals surface area contributed by atoms with Crippen LogP contribution in [0.3, 0.4) is 0 Å². The van der Waals surface area contributed by atoms with Crippen LogP contribution in [0, 0.1) is 11.3 Å². The van der Waals surface area contributed by atoms with Gasteiger partial charge < -0.3 is 20.1 Å². The van der Waals surface area contributed by atoms with Crippen LogP contribution in [-0.2, 0) is 19.1 Å². The molecule has 0 saturated carbocycles. The molecule has 0 aliphatic carbocycles. The van der Waals surface area contributed by atoms with Gasteiger partial charge in [-0.1, -0.05) is 0 Å². The van der Waals surface area contributed by atoms with Crippen LogP contribution in [0.1, 0.15) is 27.2 Å². The Hall–Kier alpha value is -1.30. The van der Waals surface area contributed by atoms with Crippen LogP contribution in [0.25, 0.3) is 0 Å². The summed E-state index contributed by atoms with van der Waals surface area (Å²) in [7, 11) is 0. The largest absolute Gasteiger partial charge is 0.449 e. The summed E-state index contributed by atoms with van der Waals surface area (Å²) in [4.78, 5) is 26.0. The van der Waals surface area contributed by atoms with E-state index in [-0.39, 0.29) is 25.2 Å². The zero-order chi connectivity index (χ0) is 16.9. The van der Waals surface area contributed by atoms with E-state index in [0.717, 1.165) is 0 Å². The van der Waals surface area contributed by atoms with Gasteiger partial charge in [-0.2, -0.15) is 17.9 Å². The van der Waals surface area contributed by atoms with Gasteiger partial charge in [-0.3, -0.25) is 4.79 Å². The zero-order valence-corrected chi connectivity index (χ0v) is 14.0. The molecule has 1 rings (SSSR count). The van der Waals surface area contributed by atoms with Crippen molar-refractivity contribution in [3.05, 3.63) is 0 Å². The van der Waals surface area contributed by atoms with E-state index in [2.05, 4.69) is 12.6 Å². The highest BCUT2D eigenvalue weighted by molar-refractivity contribution is 7.81. The number of carbonyl (C=O) groups is 2. The van der Waals surface area contributed by atoms with Crippen LogP contribution in [0.5, 0.6) is 0 Å². The molecule has 0 aromatic rings. The van der Waals surface area contributed by atoms with E-state index >= 15 is 0 Å². The second kappa shape index (κ2) is 7.81. The lowest BCUT2D eigenvalue weighted by Crippen LogP contribution is -2.55. The number of rotatable bonds is 6. The maximum atomic E-state index is 12.6. The van der Waals surface area contributed by atoms with Gasteiger partial charge in [0.2, 0.25) is 5.91 Å². The molecule has 0 spiro atoms. The minimum absolute atomic E-state index is 0.246. The fourth-order valence-corrected chi connectivity index (χ4v) is 2.41. The number of amides is 1. The monoisotopic (exact) mass is 329 g/mol. The molecule has 1 heterocycles. The Morgan fingerprint density at radius 1 is 1.55 bits per heavy atom. The summed E-state index contributed by atoms with van der Waals surface area (Å²) in [5, 5.41) is 8.50.